The molecule has 2 bridgehead atoms. The van der Waals surface area contributed by atoms with Crippen molar-refractivity contribution in [3.8, 4) is 23.0 Å². The minimum atomic E-state index is -0.556. The minimum absolute atomic E-state index is 0.242. The van der Waals surface area contributed by atoms with E-state index in [4.69, 9.17) is 18.9 Å². The summed E-state index contributed by atoms with van der Waals surface area (Å²) in [6, 6.07) is 7.21. The maximum atomic E-state index is 10.1. The van der Waals surface area contributed by atoms with Crippen LogP contribution in [0.25, 0.3) is 0 Å². The van der Waals surface area contributed by atoms with Crippen LogP contribution in [0, 0.1) is 6.92 Å². The zero-order valence-corrected chi connectivity index (χ0v) is 19.3. The molecule has 6 heteroatoms. The molecule has 0 aliphatic heterocycles. The summed E-state index contributed by atoms with van der Waals surface area (Å²) in [4.78, 5) is 0. The summed E-state index contributed by atoms with van der Waals surface area (Å²) in [5.74, 6) is 3.17. The van der Waals surface area contributed by atoms with E-state index in [-0.39, 0.29) is 5.60 Å². The van der Waals surface area contributed by atoms with E-state index >= 15 is 0 Å². The number of ether oxygens (including phenoxy) is 4. The fourth-order valence-electron chi connectivity index (χ4n) is 5.17. The van der Waals surface area contributed by atoms with E-state index < -0.39 is 6.10 Å². The molecule has 2 N–H and O–H groups in total. The number of rotatable bonds is 5. The van der Waals surface area contributed by atoms with Crippen LogP contribution in [0.5, 0.6) is 23.0 Å². The van der Waals surface area contributed by atoms with E-state index in [1.807, 2.05) is 19.1 Å². The number of methoxy groups -OCH3 is 4. The number of phenolic OH excluding ortho intramolecular Hbond substituents is 1. The van der Waals surface area contributed by atoms with Gasteiger partial charge in [-0.05, 0) is 69.7 Å². The van der Waals surface area contributed by atoms with Crippen LogP contribution in [-0.4, -0.2) is 38.7 Å². The Bertz CT molecular complexity index is 913. The van der Waals surface area contributed by atoms with Gasteiger partial charge in [0.05, 0.1) is 33.0 Å². The Labute approximate surface area is 184 Å². The summed E-state index contributed by atoms with van der Waals surface area (Å²) in [5, 5.41) is 19.7. The van der Waals surface area contributed by atoms with Gasteiger partial charge in [-0.3, -0.25) is 0 Å². The zero-order chi connectivity index (χ0) is 22.8. The topological polar surface area (TPSA) is 77.4 Å². The Balaban J connectivity index is 0.000000180. The lowest BCUT2D eigenvalue weighted by molar-refractivity contribution is -0.0616. The van der Waals surface area contributed by atoms with Gasteiger partial charge in [0.25, 0.3) is 0 Å². The summed E-state index contributed by atoms with van der Waals surface area (Å²) in [7, 11) is 6.64. The third-order valence-electron chi connectivity index (χ3n) is 6.73. The smallest absolute Gasteiger partial charge is 0.125 e. The molecular formula is C25H34O6. The highest BCUT2D eigenvalue weighted by atomic mass is 16.5. The summed E-state index contributed by atoms with van der Waals surface area (Å²) in [6.07, 6.45) is 3.70. The second-order valence-electron chi connectivity index (χ2n) is 8.23. The lowest BCUT2D eigenvalue weighted by atomic mass is 9.63. The van der Waals surface area contributed by atoms with Gasteiger partial charge < -0.3 is 29.2 Å². The lowest BCUT2D eigenvalue weighted by Crippen LogP contribution is -2.39. The molecule has 2 aromatic carbocycles. The maximum absolute atomic E-state index is 10.1. The summed E-state index contributed by atoms with van der Waals surface area (Å²) in [6.45, 7) is 3.62. The van der Waals surface area contributed by atoms with E-state index in [0.717, 1.165) is 59.4 Å². The normalized spacial score (nSPS) is 22.1. The average Bonchev–Trinajstić information content (AvgIpc) is 2.80. The van der Waals surface area contributed by atoms with E-state index in [0.29, 0.717) is 17.4 Å². The summed E-state index contributed by atoms with van der Waals surface area (Å²) < 4.78 is 21.6. The van der Waals surface area contributed by atoms with E-state index in [1.165, 1.54) is 0 Å². The first-order valence-corrected chi connectivity index (χ1v) is 10.7. The van der Waals surface area contributed by atoms with Gasteiger partial charge in [-0.1, -0.05) is 0 Å². The largest absolute Gasteiger partial charge is 0.508 e. The number of phenols is 1. The minimum Gasteiger partial charge on any atom is -0.508 e. The number of fused-ring (bicyclic) bond motifs is 2. The Morgan fingerprint density at radius 1 is 0.903 bits per heavy atom. The van der Waals surface area contributed by atoms with E-state index in [2.05, 4.69) is 0 Å². The molecule has 1 fully saturated rings. The molecule has 170 valence electrons. The average molecular weight is 431 g/mol. The molecule has 0 heterocycles. The second kappa shape index (κ2) is 9.37. The van der Waals surface area contributed by atoms with Crippen molar-refractivity contribution < 1.29 is 29.2 Å². The highest BCUT2D eigenvalue weighted by molar-refractivity contribution is 5.56. The molecule has 0 aromatic heterocycles. The van der Waals surface area contributed by atoms with Gasteiger partial charge >= 0.3 is 0 Å². The first-order chi connectivity index (χ1) is 14.8. The SMILES string of the molecule is COc1ccc(O)c2c1C1(OC)CCC2CC1.COc1ccc(OC)c(C(C)O)c1C. The molecule has 3 aliphatic rings. The van der Waals surface area contributed by atoms with Crippen molar-refractivity contribution in [2.24, 2.45) is 0 Å². The quantitative estimate of drug-likeness (QED) is 0.697. The van der Waals surface area contributed by atoms with Gasteiger partial charge in [-0.15, -0.1) is 0 Å². The Morgan fingerprint density at radius 3 is 1.97 bits per heavy atom. The lowest BCUT2D eigenvalue weighted by Gasteiger charge is -2.47. The molecule has 1 saturated carbocycles. The summed E-state index contributed by atoms with van der Waals surface area (Å²) in [5.41, 5.74) is 3.61. The number of benzene rings is 2. The third kappa shape index (κ3) is 4.06. The molecule has 0 radical (unpaired) electrons. The first kappa shape index (κ1) is 23.2. The van der Waals surface area contributed by atoms with E-state index in [1.54, 1.807) is 47.5 Å². The second-order valence-corrected chi connectivity index (χ2v) is 8.23. The fraction of sp³-hybridized carbons (Fsp3) is 0.520. The van der Waals surface area contributed by atoms with Gasteiger partial charge in [-0.25, -0.2) is 0 Å². The van der Waals surface area contributed by atoms with Crippen LogP contribution in [0.1, 0.15) is 66.9 Å². The van der Waals surface area contributed by atoms with Crippen molar-refractivity contribution in [1.29, 1.82) is 0 Å². The third-order valence-corrected chi connectivity index (χ3v) is 6.73. The number of hydrogen-bond donors (Lipinski definition) is 2. The molecule has 0 amide bonds. The summed E-state index contributed by atoms with van der Waals surface area (Å²) >= 11 is 0. The number of aliphatic hydroxyl groups is 1. The molecule has 31 heavy (non-hydrogen) atoms. The number of hydrogen-bond acceptors (Lipinski definition) is 6. The van der Waals surface area contributed by atoms with Crippen LogP contribution < -0.4 is 14.2 Å². The van der Waals surface area contributed by atoms with Gasteiger partial charge in [0, 0.05) is 29.4 Å². The molecule has 0 spiro atoms. The fourth-order valence-corrected chi connectivity index (χ4v) is 5.17. The monoisotopic (exact) mass is 430 g/mol. The molecule has 0 saturated heterocycles. The molecule has 1 unspecified atom stereocenters. The Morgan fingerprint density at radius 2 is 1.45 bits per heavy atom. The number of aromatic hydroxyl groups is 1. The van der Waals surface area contributed by atoms with E-state index in [9.17, 15) is 10.2 Å². The van der Waals surface area contributed by atoms with Gasteiger partial charge in [0.1, 0.15) is 23.0 Å². The predicted octanol–water partition coefficient (Wildman–Crippen LogP) is 4.98. The van der Waals surface area contributed by atoms with Crippen LogP contribution in [0.2, 0.25) is 0 Å². The van der Waals surface area contributed by atoms with Crippen molar-refractivity contribution in [3.05, 3.63) is 46.5 Å². The Kier molecular flexibility index (Phi) is 7.02. The highest BCUT2D eigenvalue weighted by Crippen LogP contribution is 2.58. The van der Waals surface area contributed by atoms with Crippen LogP contribution in [0.4, 0.5) is 0 Å². The standard InChI is InChI=1S/C14H18O3.C11H16O3/c1-16-11-4-3-10(15)12-9-5-7-14(17-2,8-6-9)13(11)12;1-7-9(13-3)5-6-10(14-4)11(7)8(2)12/h3-4,9,15H,5-8H2,1-2H3;5-6,8,12H,1-4H3. The highest BCUT2D eigenvalue weighted by Gasteiger charge is 2.48. The first-order valence-electron chi connectivity index (χ1n) is 10.7. The van der Waals surface area contributed by atoms with Crippen LogP contribution in [0.15, 0.2) is 24.3 Å². The molecule has 1 atom stereocenters. The van der Waals surface area contributed by atoms with Crippen LogP contribution in [-0.2, 0) is 10.3 Å². The predicted molar refractivity (Wildman–Crippen MR) is 119 cm³/mol. The number of aliphatic hydroxyl groups excluding tert-OH is 1. The molecule has 6 nitrogen and oxygen atoms in total. The molecule has 3 aliphatic carbocycles. The van der Waals surface area contributed by atoms with Gasteiger partial charge in [0.15, 0.2) is 0 Å². The molecule has 5 rings (SSSR count). The molecular weight excluding hydrogens is 396 g/mol. The Hall–Kier alpha value is -2.44. The van der Waals surface area contributed by atoms with Crippen LogP contribution >= 0.6 is 0 Å². The van der Waals surface area contributed by atoms with Gasteiger partial charge in [-0.2, -0.15) is 0 Å². The zero-order valence-electron chi connectivity index (χ0n) is 19.3. The molecule has 2 aromatic rings. The van der Waals surface area contributed by atoms with Crippen molar-refractivity contribution >= 4 is 0 Å². The maximum Gasteiger partial charge on any atom is 0.125 e. The van der Waals surface area contributed by atoms with Crippen molar-refractivity contribution in [3.63, 3.8) is 0 Å². The van der Waals surface area contributed by atoms with Gasteiger partial charge in [0.2, 0.25) is 0 Å². The van der Waals surface area contributed by atoms with Crippen molar-refractivity contribution in [1.82, 2.24) is 0 Å². The van der Waals surface area contributed by atoms with Crippen molar-refractivity contribution in [2.75, 3.05) is 28.4 Å². The van der Waals surface area contributed by atoms with Crippen molar-refractivity contribution in [2.45, 2.75) is 57.2 Å². The van der Waals surface area contributed by atoms with Crippen LogP contribution in [0.3, 0.4) is 0 Å².